The Morgan fingerprint density at radius 3 is 1.86 bits per heavy atom. The number of nitrogens with two attached hydrogens (primary N) is 2. The van der Waals surface area contributed by atoms with Crippen molar-refractivity contribution < 1.29 is 43.2 Å². The Balaban J connectivity index is 0.000000171. The maximum absolute atomic E-state index is 12.2. The molecule has 2 aliphatic rings. The van der Waals surface area contributed by atoms with Crippen molar-refractivity contribution in [2.24, 2.45) is 11.5 Å². The Bertz CT molecular complexity index is 2020. The molecule has 0 atom stereocenters. The quantitative estimate of drug-likeness (QED) is 0.141. The number of aromatic hydroxyl groups is 1. The van der Waals surface area contributed by atoms with Crippen LogP contribution in [0.25, 0.3) is 10.1 Å². The summed E-state index contributed by atoms with van der Waals surface area (Å²) in [4.78, 5) is 48.8. The van der Waals surface area contributed by atoms with E-state index in [1.165, 1.54) is 23.5 Å². The van der Waals surface area contributed by atoms with Crippen LogP contribution in [0, 0.1) is 0 Å². The Morgan fingerprint density at radius 2 is 1.31 bits per heavy atom. The second-order valence-corrected chi connectivity index (χ2v) is 13.0. The number of carbonyl (C=O) groups excluding carboxylic acids is 4. The molecular formula is C34H30N4O9S2. The van der Waals surface area contributed by atoms with Gasteiger partial charge in [-0.1, -0.05) is 36.4 Å². The van der Waals surface area contributed by atoms with Crippen molar-refractivity contribution in [3.05, 3.63) is 100 Å². The van der Waals surface area contributed by atoms with Gasteiger partial charge in [0.15, 0.2) is 5.79 Å². The number of para-hydroxylation sites is 2. The highest BCUT2D eigenvalue weighted by atomic mass is 32.1. The van der Waals surface area contributed by atoms with Crippen molar-refractivity contribution in [3.63, 3.8) is 0 Å². The first-order valence-corrected chi connectivity index (χ1v) is 16.6. The number of fused-ring (bicyclic) bond motifs is 2. The predicted molar refractivity (Wildman–Crippen MR) is 184 cm³/mol. The number of phenolic OH excluding ortho intramolecular Hbond substituents is 1. The van der Waals surface area contributed by atoms with Crippen LogP contribution >= 0.6 is 22.7 Å². The summed E-state index contributed by atoms with van der Waals surface area (Å²) in [7, 11) is 0. The average Bonchev–Trinajstić information content (AvgIpc) is 3.76. The van der Waals surface area contributed by atoms with E-state index in [1.807, 2.05) is 6.07 Å². The summed E-state index contributed by atoms with van der Waals surface area (Å²) in [5.74, 6) is -0.996. The van der Waals surface area contributed by atoms with Gasteiger partial charge in [0.25, 0.3) is 11.8 Å². The van der Waals surface area contributed by atoms with Crippen LogP contribution < -0.4 is 31.6 Å². The molecule has 1 saturated heterocycles. The lowest BCUT2D eigenvalue weighted by atomic mass is 9.90. The lowest BCUT2D eigenvalue weighted by Crippen LogP contribution is -2.36. The summed E-state index contributed by atoms with van der Waals surface area (Å²) < 4.78 is 22.5. The predicted octanol–water partition coefficient (Wildman–Crippen LogP) is 6.01. The molecule has 252 valence electrons. The van der Waals surface area contributed by atoms with Gasteiger partial charge in [-0.3, -0.25) is 20.2 Å². The normalized spacial score (nSPS) is 14.3. The molecule has 4 amide bonds. The molecule has 7 N–H and O–H groups in total. The first-order valence-electron chi connectivity index (χ1n) is 15.0. The molecule has 5 aromatic rings. The lowest BCUT2D eigenvalue weighted by molar-refractivity contribution is -0.163. The fourth-order valence-electron chi connectivity index (χ4n) is 5.51. The second-order valence-electron chi connectivity index (χ2n) is 10.9. The molecule has 1 fully saturated rings. The molecule has 2 aromatic heterocycles. The summed E-state index contributed by atoms with van der Waals surface area (Å²) in [5.41, 5.74) is 12.4. The number of thiophene rings is 2. The number of hydrogen-bond donors (Lipinski definition) is 5. The fourth-order valence-corrected chi connectivity index (χ4v) is 7.96. The summed E-state index contributed by atoms with van der Waals surface area (Å²) in [6.45, 7) is 1.13. The minimum absolute atomic E-state index is 0.0631. The van der Waals surface area contributed by atoms with Gasteiger partial charge in [-0.2, -0.15) is 0 Å². The monoisotopic (exact) mass is 702 g/mol. The first-order chi connectivity index (χ1) is 23.6. The van der Waals surface area contributed by atoms with Crippen molar-refractivity contribution in [1.29, 1.82) is 0 Å². The number of hydrogen-bond acceptors (Lipinski definition) is 11. The molecule has 1 spiro atoms. The van der Waals surface area contributed by atoms with E-state index in [1.54, 1.807) is 60.7 Å². The Labute approximate surface area is 287 Å². The SMILES string of the molecule is NC(=O)c1c(NC(=O)Oc2ccccc2)sc2c1CCC1(C2)OCCO1.NC(=O)c1c(NC(=O)Oc2ccccc2)sc2cc(O)ccc12. The molecule has 0 bridgehead atoms. The van der Waals surface area contributed by atoms with E-state index in [-0.39, 0.29) is 16.3 Å². The molecule has 0 radical (unpaired) electrons. The zero-order valence-corrected chi connectivity index (χ0v) is 27.4. The Hall–Kier alpha value is -5.48. The molecule has 15 heteroatoms. The maximum atomic E-state index is 12.2. The van der Waals surface area contributed by atoms with E-state index in [4.69, 9.17) is 30.4 Å². The maximum Gasteiger partial charge on any atom is 0.417 e. The minimum Gasteiger partial charge on any atom is -0.508 e. The zero-order valence-electron chi connectivity index (χ0n) is 25.7. The first kappa shape index (κ1) is 33.4. The highest BCUT2D eigenvalue weighted by Crippen LogP contribution is 2.43. The molecule has 3 aromatic carbocycles. The minimum atomic E-state index is -0.727. The molecular weight excluding hydrogens is 673 g/mol. The number of carbonyl (C=O) groups is 4. The number of ether oxygens (including phenoxy) is 4. The van der Waals surface area contributed by atoms with E-state index in [9.17, 15) is 24.3 Å². The zero-order chi connectivity index (χ0) is 34.5. The second kappa shape index (κ2) is 14.3. The number of anilines is 2. The highest BCUT2D eigenvalue weighted by molar-refractivity contribution is 7.23. The fraction of sp³-hybridized carbons (Fsp3) is 0.176. The number of benzene rings is 3. The Morgan fingerprint density at radius 1 is 0.755 bits per heavy atom. The average molecular weight is 703 g/mol. The van der Waals surface area contributed by atoms with Gasteiger partial charge in [-0.15, -0.1) is 22.7 Å². The summed E-state index contributed by atoms with van der Waals surface area (Å²) in [5, 5.41) is 15.9. The summed E-state index contributed by atoms with van der Waals surface area (Å²) in [6, 6.07) is 21.8. The van der Waals surface area contributed by atoms with Gasteiger partial charge in [0, 0.05) is 27.8 Å². The summed E-state index contributed by atoms with van der Waals surface area (Å²) in [6.07, 6.45) is 0.419. The van der Waals surface area contributed by atoms with Crippen molar-refractivity contribution in [2.45, 2.75) is 25.0 Å². The molecule has 0 unspecified atom stereocenters. The molecule has 1 aliphatic heterocycles. The topological polar surface area (TPSA) is 202 Å². The third-order valence-corrected chi connectivity index (χ3v) is 9.81. The molecule has 3 heterocycles. The van der Waals surface area contributed by atoms with E-state index in [0.29, 0.717) is 64.6 Å². The van der Waals surface area contributed by atoms with Gasteiger partial charge in [-0.05, 0) is 54.4 Å². The van der Waals surface area contributed by atoms with Crippen LogP contribution in [0.1, 0.15) is 37.6 Å². The lowest BCUT2D eigenvalue weighted by Gasteiger charge is -2.31. The number of amides is 4. The Kier molecular flexibility index (Phi) is 9.77. The van der Waals surface area contributed by atoms with E-state index in [2.05, 4.69) is 10.6 Å². The van der Waals surface area contributed by atoms with Crippen LogP contribution in [0.4, 0.5) is 19.6 Å². The van der Waals surface area contributed by atoms with Gasteiger partial charge in [0.1, 0.15) is 27.3 Å². The largest absolute Gasteiger partial charge is 0.508 e. The molecule has 0 saturated carbocycles. The number of phenols is 1. The number of rotatable bonds is 6. The number of nitrogens with one attached hydrogen (secondary N) is 2. The number of primary amides is 2. The van der Waals surface area contributed by atoms with Crippen LogP contribution in [-0.2, 0) is 22.3 Å². The van der Waals surface area contributed by atoms with E-state index in [0.717, 1.165) is 21.8 Å². The van der Waals surface area contributed by atoms with Crippen molar-refractivity contribution in [1.82, 2.24) is 0 Å². The standard InChI is InChI=1S/C18H18N2O5S.C16H12N2O4S/c19-15(21)14-12-6-7-18(23-8-9-24-18)10-13(12)26-16(14)20-17(22)25-11-4-2-1-3-5-11;17-14(20)13-11-7-6-9(19)8-12(11)23-15(13)18-16(21)22-10-4-2-1-3-5-10/h1-5H,6-10H2,(H2,19,21)(H,20,22);1-8,19H,(H2,17,20)(H,18,21). The molecule has 49 heavy (non-hydrogen) atoms. The van der Waals surface area contributed by atoms with Crippen LogP contribution in [-0.4, -0.2) is 48.1 Å². The van der Waals surface area contributed by atoms with Crippen molar-refractivity contribution in [3.8, 4) is 17.2 Å². The van der Waals surface area contributed by atoms with Crippen LogP contribution in [0.3, 0.4) is 0 Å². The molecule has 1 aliphatic carbocycles. The molecule has 13 nitrogen and oxygen atoms in total. The highest BCUT2D eigenvalue weighted by Gasteiger charge is 2.42. The third-order valence-electron chi connectivity index (χ3n) is 7.60. The van der Waals surface area contributed by atoms with Gasteiger partial charge >= 0.3 is 12.2 Å². The van der Waals surface area contributed by atoms with Gasteiger partial charge in [0.05, 0.1) is 24.3 Å². The van der Waals surface area contributed by atoms with Gasteiger partial charge in [0.2, 0.25) is 0 Å². The van der Waals surface area contributed by atoms with Crippen LogP contribution in [0.15, 0.2) is 78.9 Å². The third kappa shape index (κ3) is 7.65. The smallest absolute Gasteiger partial charge is 0.417 e. The van der Waals surface area contributed by atoms with Crippen molar-refractivity contribution >= 4 is 66.8 Å². The van der Waals surface area contributed by atoms with Gasteiger partial charge < -0.3 is 35.5 Å². The molecule has 7 rings (SSSR count). The van der Waals surface area contributed by atoms with Gasteiger partial charge in [-0.25, -0.2) is 9.59 Å². The van der Waals surface area contributed by atoms with E-state index < -0.39 is 29.8 Å². The summed E-state index contributed by atoms with van der Waals surface area (Å²) >= 11 is 2.45. The van der Waals surface area contributed by atoms with Crippen LogP contribution in [0.5, 0.6) is 17.2 Å². The van der Waals surface area contributed by atoms with Crippen molar-refractivity contribution in [2.75, 3.05) is 23.8 Å². The van der Waals surface area contributed by atoms with E-state index >= 15 is 0 Å². The van der Waals surface area contributed by atoms with Crippen LogP contribution in [0.2, 0.25) is 0 Å².